The van der Waals surface area contributed by atoms with Crippen LogP contribution in [0.3, 0.4) is 0 Å². The van der Waals surface area contributed by atoms with Crippen molar-refractivity contribution >= 4 is 0 Å². The van der Waals surface area contributed by atoms with E-state index in [9.17, 15) is 0 Å². The quantitative estimate of drug-likeness (QED) is 0.272. The molecular formula is C21H42O. The Morgan fingerprint density at radius 1 is 0.636 bits per heavy atom. The van der Waals surface area contributed by atoms with E-state index in [1.807, 2.05) is 0 Å². The van der Waals surface area contributed by atoms with Crippen molar-refractivity contribution in [3.63, 3.8) is 0 Å². The molecule has 1 fully saturated rings. The minimum Gasteiger partial charge on any atom is -0.381 e. The molecule has 22 heavy (non-hydrogen) atoms. The molecule has 132 valence electrons. The van der Waals surface area contributed by atoms with E-state index in [0.717, 1.165) is 25.6 Å². The molecule has 0 bridgehead atoms. The summed E-state index contributed by atoms with van der Waals surface area (Å²) < 4.78 is 5.51. The van der Waals surface area contributed by atoms with Gasteiger partial charge in [0.1, 0.15) is 0 Å². The van der Waals surface area contributed by atoms with E-state index in [4.69, 9.17) is 4.74 Å². The molecule has 0 unspecified atom stereocenters. The first-order chi connectivity index (χ1) is 10.9. The minimum absolute atomic E-state index is 0.945. The van der Waals surface area contributed by atoms with Gasteiger partial charge in [-0.15, -0.1) is 0 Å². The molecule has 0 radical (unpaired) electrons. The molecule has 0 N–H and O–H groups in total. The van der Waals surface area contributed by atoms with Crippen LogP contribution in [0, 0.1) is 5.92 Å². The predicted octanol–water partition coefficient (Wildman–Crippen LogP) is 7.28. The monoisotopic (exact) mass is 310 g/mol. The van der Waals surface area contributed by atoms with Crippen LogP contribution >= 0.6 is 0 Å². The van der Waals surface area contributed by atoms with Gasteiger partial charge in [-0.1, -0.05) is 103 Å². The number of hydrogen-bond donors (Lipinski definition) is 0. The van der Waals surface area contributed by atoms with Crippen molar-refractivity contribution in [1.82, 2.24) is 0 Å². The molecule has 1 saturated carbocycles. The lowest BCUT2D eigenvalue weighted by atomic mass is 9.99. The summed E-state index contributed by atoms with van der Waals surface area (Å²) in [7, 11) is 0. The van der Waals surface area contributed by atoms with Gasteiger partial charge < -0.3 is 4.74 Å². The topological polar surface area (TPSA) is 9.23 Å². The van der Waals surface area contributed by atoms with Crippen LogP contribution in [-0.4, -0.2) is 13.2 Å². The van der Waals surface area contributed by atoms with Crippen LogP contribution in [0.1, 0.15) is 116 Å². The average molecular weight is 311 g/mol. The second kappa shape index (κ2) is 15.8. The highest BCUT2D eigenvalue weighted by Gasteiger charge is 2.13. The van der Waals surface area contributed by atoms with Crippen molar-refractivity contribution < 1.29 is 4.74 Å². The zero-order chi connectivity index (χ0) is 15.7. The first-order valence-corrected chi connectivity index (χ1v) is 10.5. The number of hydrogen-bond acceptors (Lipinski definition) is 1. The summed E-state index contributed by atoms with van der Waals surface area (Å²) in [6.45, 7) is 4.10. The molecule has 1 aliphatic rings. The molecule has 0 aromatic heterocycles. The first-order valence-electron chi connectivity index (χ1n) is 10.5. The zero-order valence-corrected chi connectivity index (χ0v) is 15.4. The fourth-order valence-corrected chi connectivity index (χ4v) is 3.77. The summed E-state index contributed by atoms with van der Waals surface area (Å²) in [5.41, 5.74) is 0. The third-order valence-corrected chi connectivity index (χ3v) is 5.22. The minimum atomic E-state index is 0.945. The van der Waals surface area contributed by atoms with Gasteiger partial charge in [0, 0.05) is 13.2 Å². The van der Waals surface area contributed by atoms with Crippen LogP contribution in [-0.2, 0) is 4.74 Å². The Morgan fingerprint density at radius 2 is 1.14 bits per heavy atom. The highest BCUT2D eigenvalue weighted by Crippen LogP contribution is 2.29. The molecule has 0 saturated heterocycles. The molecule has 1 aliphatic carbocycles. The fraction of sp³-hybridized carbons (Fsp3) is 1.00. The Morgan fingerprint density at radius 3 is 1.68 bits per heavy atom. The highest BCUT2D eigenvalue weighted by molar-refractivity contribution is 4.67. The summed E-state index contributed by atoms with van der Waals surface area (Å²) in [5, 5.41) is 0. The summed E-state index contributed by atoms with van der Waals surface area (Å²) in [6.07, 6.45) is 24.6. The van der Waals surface area contributed by atoms with E-state index in [1.54, 1.807) is 0 Å². The van der Waals surface area contributed by atoms with Gasteiger partial charge >= 0.3 is 0 Å². The average Bonchev–Trinajstić information content (AvgIpc) is 3.04. The van der Waals surface area contributed by atoms with E-state index >= 15 is 0 Å². The van der Waals surface area contributed by atoms with Crippen molar-refractivity contribution in [2.75, 3.05) is 13.2 Å². The van der Waals surface area contributed by atoms with Gasteiger partial charge in [-0.25, -0.2) is 0 Å². The predicted molar refractivity (Wildman–Crippen MR) is 98.5 cm³/mol. The maximum Gasteiger partial charge on any atom is 0.0466 e. The van der Waals surface area contributed by atoms with Crippen LogP contribution in [0.5, 0.6) is 0 Å². The van der Waals surface area contributed by atoms with Crippen molar-refractivity contribution in [2.45, 2.75) is 116 Å². The molecule has 0 amide bonds. The molecule has 0 spiro atoms. The largest absolute Gasteiger partial charge is 0.381 e. The molecule has 0 aliphatic heterocycles. The zero-order valence-electron chi connectivity index (χ0n) is 15.4. The van der Waals surface area contributed by atoms with E-state index in [-0.39, 0.29) is 0 Å². The Balaban J connectivity index is 1.64. The standard InChI is InChI=1S/C21H42O/c1-2-19-22-20-15-11-9-7-5-3-4-6-8-10-12-16-21-17-13-14-18-21/h21H,2-20H2,1H3. The van der Waals surface area contributed by atoms with Gasteiger partial charge in [0.15, 0.2) is 0 Å². The lowest BCUT2D eigenvalue weighted by molar-refractivity contribution is 0.130. The van der Waals surface area contributed by atoms with Crippen LogP contribution in [0.15, 0.2) is 0 Å². The number of ether oxygens (including phenoxy) is 1. The van der Waals surface area contributed by atoms with Crippen molar-refractivity contribution in [3.8, 4) is 0 Å². The lowest BCUT2D eigenvalue weighted by Gasteiger charge is -2.08. The van der Waals surface area contributed by atoms with Crippen LogP contribution in [0.4, 0.5) is 0 Å². The van der Waals surface area contributed by atoms with Gasteiger partial charge in [0.2, 0.25) is 0 Å². The number of rotatable bonds is 16. The van der Waals surface area contributed by atoms with Crippen LogP contribution in [0.25, 0.3) is 0 Å². The van der Waals surface area contributed by atoms with Gasteiger partial charge in [0.05, 0.1) is 0 Å². The summed E-state index contributed by atoms with van der Waals surface area (Å²) in [4.78, 5) is 0. The van der Waals surface area contributed by atoms with Gasteiger partial charge in [-0.05, 0) is 18.8 Å². The first kappa shape index (κ1) is 20.0. The molecule has 0 aromatic carbocycles. The second-order valence-corrected chi connectivity index (χ2v) is 7.44. The Bertz CT molecular complexity index is 208. The van der Waals surface area contributed by atoms with Crippen LogP contribution < -0.4 is 0 Å². The Kier molecular flexibility index (Phi) is 14.4. The SMILES string of the molecule is CCCOCCCCCCCCCCCCCC1CCCC1. The molecule has 0 heterocycles. The molecule has 1 rings (SSSR count). The third-order valence-electron chi connectivity index (χ3n) is 5.22. The van der Waals surface area contributed by atoms with Crippen molar-refractivity contribution in [3.05, 3.63) is 0 Å². The van der Waals surface area contributed by atoms with Gasteiger partial charge in [-0.2, -0.15) is 0 Å². The van der Waals surface area contributed by atoms with Gasteiger partial charge in [-0.3, -0.25) is 0 Å². The summed E-state index contributed by atoms with van der Waals surface area (Å²) >= 11 is 0. The maximum atomic E-state index is 5.51. The van der Waals surface area contributed by atoms with Crippen molar-refractivity contribution in [1.29, 1.82) is 0 Å². The molecule has 1 nitrogen and oxygen atoms in total. The summed E-state index contributed by atoms with van der Waals surface area (Å²) in [5.74, 6) is 1.10. The lowest BCUT2D eigenvalue weighted by Crippen LogP contribution is -1.95. The highest BCUT2D eigenvalue weighted by atomic mass is 16.5. The van der Waals surface area contributed by atoms with Crippen LogP contribution in [0.2, 0.25) is 0 Å². The van der Waals surface area contributed by atoms with Crippen molar-refractivity contribution in [2.24, 2.45) is 5.92 Å². The number of unbranched alkanes of at least 4 members (excludes halogenated alkanes) is 10. The van der Waals surface area contributed by atoms with E-state index in [2.05, 4.69) is 6.92 Å². The third kappa shape index (κ3) is 12.5. The maximum absolute atomic E-state index is 5.51. The molecule has 1 heteroatoms. The van der Waals surface area contributed by atoms with E-state index in [0.29, 0.717) is 0 Å². The smallest absolute Gasteiger partial charge is 0.0466 e. The van der Waals surface area contributed by atoms with E-state index < -0.39 is 0 Å². The van der Waals surface area contributed by atoms with E-state index in [1.165, 1.54) is 103 Å². The molecular weight excluding hydrogens is 268 g/mol. The molecule has 0 atom stereocenters. The second-order valence-electron chi connectivity index (χ2n) is 7.44. The summed E-state index contributed by atoms with van der Waals surface area (Å²) in [6, 6.07) is 0. The van der Waals surface area contributed by atoms with Gasteiger partial charge in [0.25, 0.3) is 0 Å². The molecule has 0 aromatic rings. The Hall–Kier alpha value is -0.0400. The normalized spacial score (nSPS) is 15.7. The fourth-order valence-electron chi connectivity index (χ4n) is 3.77. The Labute approximate surface area is 140 Å².